The van der Waals surface area contributed by atoms with Gasteiger partial charge in [-0.25, -0.2) is 10.4 Å². The van der Waals surface area contributed by atoms with Gasteiger partial charge in [0, 0.05) is 0 Å². The maximum Gasteiger partial charge on any atom is 0.291 e. The maximum absolute atomic E-state index is 12.2. The van der Waals surface area contributed by atoms with Crippen LogP contribution in [0.2, 0.25) is 15.2 Å². The number of amides is 1. The number of halogens is 3. The monoisotopic (exact) mass is 448 g/mol. The number of anilines is 1. The number of carbonyl (C=O) groups excluding carboxylic acids is 1. The quantitative estimate of drug-likeness (QED) is 0.316. The Kier molecular flexibility index (Phi) is 6.93. The third kappa shape index (κ3) is 5.38. The van der Waals surface area contributed by atoms with E-state index < -0.39 is 5.91 Å². The first kappa shape index (κ1) is 20.9. The van der Waals surface area contributed by atoms with Crippen molar-refractivity contribution in [2.75, 3.05) is 5.73 Å². The van der Waals surface area contributed by atoms with Crippen LogP contribution >= 0.6 is 34.8 Å². The van der Waals surface area contributed by atoms with Gasteiger partial charge in [-0.1, -0.05) is 65.1 Å². The molecule has 0 atom stereocenters. The highest BCUT2D eigenvalue weighted by Gasteiger charge is 2.19. The van der Waals surface area contributed by atoms with E-state index in [-0.39, 0.29) is 26.6 Å². The normalized spacial score (nSPS) is 10.9. The van der Waals surface area contributed by atoms with Crippen molar-refractivity contribution < 1.29 is 9.53 Å². The Bertz CT molecular complexity index is 1040. The van der Waals surface area contributed by atoms with Crippen LogP contribution in [-0.2, 0) is 6.61 Å². The Balaban J connectivity index is 1.58. The Hall–Kier alpha value is -2.80. The number of nitrogens with two attached hydrogens (primary N) is 1. The van der Waals surface area contributed by atoms with Crippen LogP contribution in [0.5, 0.6) is 5.75 Å². The second-order valence-corrected chi connectivity index (χ2v) is 6.95. The van der Waals surface area contributed by atoms with Crippen molar-refractivity contribution in [1.29, 1.82) is 0 Å². The molecule has 0 saturated heterocycles. The summed E-state index contributed by atoms with van der Waals surface area (Å²) in [5.41, 5.74) is 9.66. The molecular formula is C20H15Cl3N4O2. The molecule has 9 heteroatoms. The second kappa shape index (κ2) is 9.60. The number of hydrazone groups is 1. The number of aromatic nitrogens is 1. The van der Waals surface area contributed by atoms with Gasteiger partial charge in [0.05, 0.1) is 16.9 Å². The van der Waals surface area contributed by atoms with Gasteiger partial charge in [0.2, 0.25) is 0 Å². The minimum atomic E-state index is -0.667. The number of hydrogen-bond donors (Lipinski definition) is 2. The van der Waals surface area contributed by atoms with Crippen LogP contribution in [0.15, 0.2) is 59.7 Å². The van der Waals surface area contributed by atoms with Crippen molar-refractivity contribution >= 4 is 52.6 Å². The molecule has 148 valence electrons. The number of ether oxygens (including phenoxy) is 1. The molecule has 1 heterocycles. The molecule has 3 rings (SSSR count). The van der Waals surface area contributed by atoms with Crippen LogP contribution in [0.4, 0.5) is 5.69 Å². The van der Waals surface area contributed by atoms with Crippen LogP contribution < -0.4 is 15.9 Å². The van der Waals surface area contributed by atoms with Crippen molar-refractivity contribution in [1.82, 2.24) is 10.4 Å². The number of rotatable bonds is 6. The summed E-state index contributed by atoms with van der Waals surface area (Å²) in [6.45, 7) is 0.477. The van der Waals surface area contributed by atoms with Gasteiger partial charge in [0.1, 0.15) is 17.4 Å². The summed E-state index contributed by atoms with van der Waals surface area (Å²) >= 11 is 17.7. The Morgan fingerprint density at radius 2 is 1.76 bits per heavy atom. The van der Waals surface area contributed by atoms with Crippen LogP contribution in [0.25, 0.3) is 0 Å². The van der Waals surface area contributed by atoms with Crippen molar-refractivity contribution in [2.24, 2.45) is 5.10 Å². The fraction of sp³-hybridized carbons (Fsp3) is 0.0500. The highest BCUT2D eigenvalue weighted by molar-refractivity contribution is 6.46. The topological polar surface area (TPSA) is 89.6 Å². The van der Waals surface area contributed by atoms with Gasteiger partial charge in [-0.15, -0.1) is 0 Å². The predicted molar refractivity (Wildman–Crippen MR) is 116 cm³/mol. The highest BCUT2D eigenvalue weighted by Crippen LogP contribution is 2.34. The first-order chi connectivity index (χ1) is 14.0. The van der Waals surface area contributed by atoms with E-state index in [1.165, 1.54) is 6.21 Å². The Labute approximate surface area is 182 Å². The lowest BCUT2D eigenvalue weighted by Gasteiger charge is -2.07. The second-order valence-electron chi connectivity index (χ2n) is 5.84. The number of hydrogen-bond acceptors (Lipinski definition) is 5. The fourth-order valence-electron chi connectivity index (χ4n) is 2.29. The molecule has 0 aliphatic carbocycles. The van der Waals surface area contributed by atoms with Crippen LogP contribution in [0, 0.1) is 0 Å². The van der Waals surface area contributed by atoms with Crippen molar-refractivity contribution in [3.63, 3.8) is 0 Å². The fourth-order valence-corrected chi connectivity index (χ4v) is 2.89. The van der Waals surface area contributed by atoms with E-state index in [2.05, 4.69) is 15.5 Å². The average Bonchev–Trinajstić information content (AvgIpc) is 2.75. The van der Waals surface area contributed by atoms with Gasteiger partial charge in [-0.3, -0.25) is 4.79 Å². The highest BCUT2D eigenvalue weighted by atomic mass is 35.5. The molecule has 0 saturated carbocycles. The summed E-state index contributed by atoms with van der Waals surface area (Å²) in [6, 6.07) is 17.1. The molecule has 1 aromatic heterocycles. The van der Waals surface area contributed by atoms with E-state index in [1.807, 2.05) is 42.5 Å². The van der Waals surface area contributed by atoms with Crippen LogP contribution in [0.1, 0.15) is 21.6 Å². The number of pyridine rings is 1. The van der Waals surface area contributed by atoms with Crippen molar-refractivity contribution in [2.45, 2.75) is 6.61 Å². The largest absolute Gasteiger partial charge is 0.489 e. The molecule has 0 aliphatic rings. The van der Waals surface area contributed by atoms with Gasteiger partial charge >= 0.3 is 0 Å². The molecule has 3 N–H and O–H groups in total. The van der Waals surface area contributed by atoms with E-state index >= 15 is 0 Å². The molecule has 2 aromatic carbocycles. The molecule has 0 bridgehead atoms. The summed E-state index contributed by atoms with van der Waals surface area (Å²) in [7, 11) is 0. The minimum Gasteiger partial charge on any atom is -0.489 e. The number of benzene rings is 2. The molecule has 0 spiro atoms. The van der Waals surface area contributed by atoms with E-state index in [4.69, 9.17) is 45.3 Å². The van der Waals surface area contributed by atoms with Gasteiger partial charge in [0.15, 0.2) is 10.8 Å². The van der Waals surface area contributed by atoms with Gasteiger partial charge in [-0.05, 0) is 35.4 Å². The lowest BCUT2D eigenvalue weighted by atomic mass is 10.2. The summed E-state index contributed by atoms with van der Waals surface area (Å²) < 4.78 is 5.72. The van der Waals surface area contributed by atoms with Crippen molar-refractivity contribution in [3.8, 4) is 5.75 Å². The summed E-state index contributed by atoms with van der Waals surface area (Å²) in [6.07, 6.45) is 1.47. The molecule has 0 fully saturated rings. The van der Waals surface area contributed by atoms with Crippen LogP contribution in [-0.4, -0.2) is 17.1 Å². The molecule has 1 amide bonds. The zero-order valence-electron chi connectivity index (χ0n) is 14.9. The lowest BCUT2D eigenvalue weighted by molar-refractivity contribution is 0.0950. The van der Waals surface area contributed by atoms with E-state index in [0.717, 1.165) is 16.9 Å². The molecule has 3 aromatic rings. The summed E-state index contributed by atoms with van der Waals surface area (Å²) in [5.74, 6) is 0.0524. The smallest absolute Gasteiger partial charge is 0.291 e. The third-order valence-corrected chi connectivity index (χ3v) is 4.93. The van der Waals surface area contributed by atoms with Crippen LogP contribution in [0.3, 0.4) is 0 Å². The summed E-state index contributed by atoms with van der Waals surface area (Å²) in [4.78, 5) is 16.0. The standard InChI is InChI=1S/C20H15Cl3N4O2/c21-15-17(24)16(22)19(23)26-18(15)20(28)27-25-10-12-6-8-14(9-7-12)29-11-13-4-2-1-3-5-13/h1-10H,11H2,(H2,24,26)(H,27,28)/b25-10+. The minimum absolute atomic E-state index is 0.00806. The zero-order chi connectivity index (χ0) is 20.8. The molecule has 0 radical (unpaired) electrons. The number of nitrogens with one attached hydrogen (secondary N) is 1. The first-order valence-electron chi connectivity index (χ1n) is 8.36. The van der Waals surface area contributed by atoms with E-state index in [0.29, 0.717) is 6.61 Å². The SMILES string of the molecule is Nc1c(Cl)c(Cl)nc(C(=O)N/N=C/c2ccc(OCc3ccccc3)cc2)c1Cl. The molecule has 29 heavy (non-hydrogen) atoms. The molecule has 6 nitrogen and oxygen atoms in total. The Morgan fingerprint density at radius 1 is 1.07 bits per heavy atom. The van der Waals surface area contributed by atoms with Gasteiger partial charge in [0.25, 0.3) is 5.91 Å². The maximum atomic E-state index is 12.2. The molecule has 0 aliphatic heterocycles. The number of nitrogen functional groups attached to an aromatic ring is 1. The first-order valence-corrected chi connectivity index (χ1v) is 9.49. The third-order valence-electron chi connectivity index (χ3n) is 3.80. The zero-order valence-corrected chi connectivity index (χ0v) is 17.2. The van der Waals surface area contributed by atoms with Gasteiger partial charge < -0.3 is 10.5 Å². The van der Waals surface area contributed by atoms with E-state index in [1.54, 1.807) is 12.1 Å². The number of carbonyl (C=O) groups is 1. The number of nitrogens with zero attached hydrogens (tertiary/aromatic N) is 2. The summed E-state index contributed by atoms with van der Waals surface area (Å²) in [5, 5.41) is 3.67. The predicted octanol–water partition coefficient (Wildman–Crippen LogP) is 4.97. The Morgan fingerprint density at radius 3 is 2.45 bits per heavy atom. The van der Waals surface area contributed by atoms with E-state index in [9.17, 15) is 4.79 Å². The molecular weight excluding hydrogens is 435 g/mol. The average molecular weight is 450 g/mol. The lowest BCUT2D eigenvalue weighted by Crippen LogP contribution is -2.20. The van der Waals surface area contributed by atoms with Crippen molar-refractivity contribution in [3.05, 3.63) is 86.6 Å². The molecule has 0 unspecified atom stereocenters. The van der Waals surface area contributed by atoms with Gasteiger partial charge in [-0.2, -0.15) is 5.10 Å².